The average Bonchev–Trinajstić information content (AvgIpc) is 2.48. The molecule has 1 fully saturated rings. The standard InChI is InChI=1S/C15H20O4/c1-13(2)11(17)5-6-14(13,3)9-7-12(18)15(4,19)8-10(9)16/h7,19H,5-6,8H2,1-4H3/t14-,15-/m0/s1. The minimum absolute atomic E-state index is 0.119. The summed E-state index contributed by atoms with van der Waals surface area (Å²) in [6.45, 7) is 6.88. The molecule has 0 bridgehead atoms. The van der Waals surface area contributed by atoms with E-state index in [0.717, 1.165) is 0 Å². The minimum Gasteiger partial charge on any atom is -0.382 e. The lowest BCUT2D eigenvalue weighted by Crippen LogP contribution is -2.46. The fourth-order valence-electron chi connectivity index (χ4n) is 3.10. The zero-order chi connectivity index (χ0) is 14.6. The summed E-state index contributed by atoms with van der Waals surface area (Å²) in [6.07, 6.45) is 2.06. The average molecular weight is 264 g/mol. The van der Waals surface area contributed by atoms with Gasteiger partial charge >= 0.3 is 0 Å². The molecule has 1 N–H and O–H groups in total. The van der Waals surface area contributed by atoms with E-state index in [1.807, 2.05) is 20.8 Å². The molecule has 104 valence electrons. The van der Waals surface area contributed by atoms with Crippen molar-refractivity contribution < 1.29 is 19.5 Å². The van der Waals surface area contributed by atoms with Crippen LogP contribution in [-0.2, 0) is 14.4 Å². The largest absolute Gasteiger partial charge is 0.382 e. The van der Waals surface area contributed by atoms with Crippen molar-refractivity contribution in [2.75, 3.05) is 0 Å². The molecular formula is C15H20O4. The maximum absolute atomic E-state index is 12.3. The molecular weight excluding hydrogens is 244 g/mol. The second-order valence-electron chi connectivity index (χ2n) is 6.68. The highest BCUT2D eigenvalue weighted by Gasteiger charge is 2.56. The molecule has 0 spiro atoms. The van der Waals surface area contributed by atoms with Crippen molar-refractivity contribution in [1.82, 2.24) is 0 Å². The van der Waals surface area contributed by atoms with Gasteiger partial charge in [-0.2, -0.15) is 0 Å². The molecule has 0 heterocycles. The van der Waals surface area contributed by atoms with E-state index in [9.17, 15) is 19.5 Å². The maximum Gasteiger partial charge on any atom is 0.187 e. The van der Waals surface area contributed by atoms with Crippen LogP contribution in [0, 0.1) is 10.8 Å². The minimum atomic E-state index is -1.61. The van der Waals surface area contributed by atoms with Gasteiger partial charge in [-0.25, -0.2) is 0 Å². The van der Waals surface area contributed by atoms with Crippen LogP contribution in [0.15, 0.2) is 11.6 Å². The van der Waals surface area contributed by atoms with Crippen LogP contribution < -0.4 is 0 Å². The summed E-state index contributed by atoms with van der Waals surface area (Å²) in [4.78, 5) is 36.1. The van der Waals surface area contributed by atoms with Gasteiger partial charge in [-0.05, 0) is 19.4 Å². The number of aliphatic hydroxyl groups is 1. The Labute approximate surface area is 112 Å². The third kappa shape index (κ3) is 1.81. The number of ketones is 3. The van der Waals surface area contributed by atoms with Crippen LogP contribution >= 0.6 is 0 Å². The Balaban J connectivity index is 2.51. The molecule has 0 aromatic heterocycles. The first-order valence-corrected chi connectivity index (χ1v) is 6.58. The van der Waals surface area contributed by atoms with Crippen LogP contribution in [-0.4, -0.2) is 28.1 Å². The number of Topliss-reactive ketones (excluding diaryl/α,β-unsaturated/α-hetero) is 2. The van der Waals surface area contributed by atoms with E-state index in [4.69, 9.17) is 0 Å². The van der Waals surface area contributed by atoms with Crippen molar-refractivity contribution >= 4 is 17.3 Å². The van der Waals surface area contributed by atoms with E-state index in [2.05, 4.69) is 0 Å². The predicted molar refractivity (Wildman–Crippen MR) is 69.5 cm³/mol. The Morgan fingerprint density at radius 3 is 2.16 bits per heavy atom. The summed E-state index contributed by atoms with van der Waals surface area (Å²) in [5, 5.41) is 9.86. The van der Waals surface area contributed by atoms with Gasteiger partial charge in [0.1, 0.15) is 11.4 Å². The molecule has 4 heteroatoms. The highest BCUT2D eigenvalue weighted by molar-refractivity contribution is 6.13. The molecule has 0 unspecified atom stereocenters. The van der Waals surface area contributed by atoms with E-state index < -0.39 is 22.2 Å². The Bertz CT molecular complexity index is 510. The molecule has 0 amide bonds. The molecule has 2 rings (SSSR count). The Morgan fingerprint density at radius 1 is 1.11 bits per heavy atom. The normalized spacial score (nSPS) is 38.6. The molecule has 1 saturated carbocycles. The zero-order valence-electron chi connectivity index (χ0n) is 11.9. The van der Waals surface area contributed by atoms with Crippen molar-refractivity contribution in [3.8, 4) is 0 Å². The SMILES string of the molecule is CC1(C)C(=O)CC[C@@]1(C)C1=CC(=O)[C@@](C)(O)CC1=O. The lowest BCUT2D eigenvalue weighted by molar-refractivity contribution is -0.139. The van der Waals surface area contributed by atoms with Gasteiger partial charge in [0.2, 0.25) is 0 Å². The van der Waals surface area contributed by atoms with Crippen molar-refractivity contribution in [1.29, 1.82) is 0 Å². The van der Waals surface area contributed by atoms with Crippen molar-refractivity contribution in [2.24, 2.45) is 10.8 Å². The maximum atomic E-state index is 12.3. The summed E-state index contributed by atoms with van der Waals surface area (Å²) in [6, 6.07) is 0. The smallest absolute Gasteiger partial charge is 0.187 e. The second kappa shape index (κ2) is 3.85. The number of allylic oxidation sites excluding steroid dienone is 1. The molecule has 0 aromatic rings. The summed E-state index contributed by atoms with van der Waals surface area (Å²) < 4.78 is 0. The summed E-state index contributed by atoms with van der Waals surface area (Å²) in [7, 11) is 0. The first-order chi connectivity index (χ1) is 8.52. The lowest BCUT2D eigenvalue weighted by Gasteiger charge is -2.41. The monoisotopic (exact) mass is 264 g/mol. The molecule has 4 nitrogen and oxygen atoms in total. The molecule has 2 atom stereocenters. The fourth-order valence-corrected chi connectivity index (χ4v) is 3.10. The highest BCUT2D eigenvalue weighted by Crippen LogP contribution is 2.55. The van der Waals surface area contributed by atoms with E-state index in [-0.39, 0.29) is 18.0 Å². The van der Waals surface area contributed by atoms with Gasteiger partial charge in [-0.1, -0.05) is 20.8 Å². The third-order valence-corrected chi connectivity index (χ3v) is 5.13. The number of carbonyl (C=O) groups is 3. The van der Waals surface area contributed by atoms with Crippen molar-refractivity contribution in [3.63, 3.8) is 0 Å². The molecule has 19 heavy (non-hydrogen) atoms. The van der Waals surface area contributed by atoms with Crippen LogP contribution in [0.25, 0.3) is 0 Å². The second-order valence-corrected chi connectivity index (χ2v) is 6.68. The van der Waals surface area contributed by atoms with Crippen LogP contribution in [0.5, 0.6) is 0 Å². The lowest BCUT2D eigenvalue weighted by atomic mass is 9.61. The third-order valence-electron chi connectivity index (χ3n) is 5.13. The van der Waals surface area contributed by atoms with Crippen LogP contribution in [0.3, 0.4) is 0 Å². The Kier molecular flexibility index (Phi) is 2.87. The van der Waals surface area contributed by atoms with Gasteiger partial charge in [0, 0.05) is 29.2 Å². The predicted octanol–water partition coefficient (Wildman–Crippen LogP) is 1.60. The van der Waals surface area contributed by atoms with E-state index >= 15 is 0 Å². The molecule has 2 aliphatic rings. The Morgan fingerprint density at radius 2 is 1.68 bits per heavy atom. The van der Waals surface area contributed by atoms with E-state index in [1.165, 1.54) is 13.0 Å². The molecule has 0 aromatic carbocycles. The van der Waals surface area contributed by atoms with Gasteiger partial charge in [-0.3, -0.25) is 14.4 Å². The molecule has 0 radical (unpaired) electrons. The van der Waals surface area contributed by atoms with E-state index in [0.29, 0.717) is 18.4 Å². The number of hydrogen-bond donors (Lipinski definition) is 1. The number of rotatable bonds is 1. The van der Waals surface area contributed by atoms with Gasteiger partial charge in [0.15, 0.2) is 11.6 Å². The molecule has 0 aliphatic heterocycles. The quantitative estimate of drug-likeness (QED) is 0.781. The molecule has 2 aliphatic carbocycles. The van der Waals surface area contributed by atoms with Crippen molar-refractivity contribution in [3.05, 3.63) is 11.6 Å². The zero-order valence-corrected chi connectivity index (χ0v) is 11.9. The van der Waals surface area contributed by atoms with Crippen LogP contribution in [0.1, 0.15) is 47.0 Å². The summed E-state index contributed by atoms with van der Waals surface area (Å²) >= 11 is 0. The fraction of sp³-hybridized carbons (Fsp3) is 0.667. The molecule has 0 saturated heterocycles. The van der Waals surface area contributed by atoms with Gasteiger partial charge < -0.3 is 5.11 Å². The number of hydrogen-bond acceptors (Lipinski definition) is 4. The topological polar surface area (TPSA) is 71.4 Å². The first kappa shape index (κ1) is 14.1. The first-order valence-electron chi connectivity index (χ1n) is 6.58. The Hall–Kier alpha value is -1.29. The summed E-state index contributed by atoms with van der Waals surface area (Å²) in [5.41, 5.74) is -2.48. The number of carbonyl (C=O) groups excluding carboxylic acids is 3. The van der Waals surface area contributed by atoms with Crippen LogP contribution in [0.4, 0.5) is 0 Å². The highest BCUT2D eigenvalue weighted by atomic mass is 16.3. The van der Waals surface area contributed by atoms with E-state index in [1.54, 1.807) is 0 Å². The summed E-state index contributed by atoms with van der Waals surface area (Å²) in [5.74, 6) is -0.554. The van der Waals surface area contributed by atoms with Gasteiger partial charge in [-0.15, -0.1) is 0 Å². The van der Waals surface area contributed by atoms with Crippen molar-refractivity contribution in [2.45, 2.75) is 52.6 Å². The van der Waals surface area contributed by atoms with Gasteiger partial charge in [0.05, 0.1) is 0 Å². The van der Waals surface area contributed by atoms with Crippen LogP contribution in [0.2, 0.25) is 0 Å². The van der Waals surface area contributed by atoms with Gasteiger partial charge in [0.25, 0.3) is 0 Å².